The van der Waals surface area contributed by atoms with Crippen LogP contribution in [0, 0.1) is 11.8 Å². The number of aldehydes is 1. The molecule has 13 nitrogen and oxygen atoms in total. The molecule has 4 aromatic rings. The van der Waals surface area contributed by atoms with E-state index in [0.717, 1.165) is 13.0 Å². The second kappa shape index (κ2) is 9.80. The number of aromatic amines is 2. The molecule has 1 saturated heterocycles. The second-order valence-electron chi connectivity index (χ2n) is 9.08. The van der Waals surface area contributed by atoms with Crippen LogP contribution >= 0.6 is 0 Å². The lowest BCUT2D eigenvalue weighted by molar-refractivity contribution is -0.130. The van der Waals surface area contributed by atoms with Crippen molar-refractivity contribution in [3.8, 4) is 22.5 Å². The Bertz CT molecular complexity index is 1580. The number of ketones is 1. The Kier molecular flexibility index (Phi) is 6.54. The molecule has 1 aliphatic rings. The lowest BCUT2D eigenvalue weighted by Crippen LogP contribution is -2.25. The molecular formula is C23H25N9O4S. The first-order valence-electron chi connectivity index (χ1n) is 11.6. The van der Waals surface area contributed by atoms with Crippen LogP contribution in [0.5, 0.6) is 0 Å². The highest BCUT2D eigenvalue weighted by molar-refractivity contribution is 7.89. The number of imidazole rings is 1. The maximum Gasteiger partial charge on any atom is 0.239 e. The first-order chi connectivity index (χ1) is 17.8. The Hall–Kier alpha value is -4.01. The third-order valence-corrected chi connectivity index (χ3v) is 7.80. The van der Waals surface area contributed by atoms with Gasteiger partial charge in [0.25, 0.3) is 0 Å². The number of Topliss-reactive ketones (excluding diaryl/α,β-unsaturated/α-hetero) is 1. The van der Waals surface area contributed by atoms with Gasteiger partial charge >= 0.3 is 0 Å². The van der Waals surface area contributed by atoms with Gasteiger partial charge in [-0.15, -0.1) is 10.2 Å². The molecule has 2 aromatic heterocycles. The molecule has 14 heteroatoms. The van der Waals surface area contributed by atoms with E-state index in [9.17, 15) is 18.0 Å². The van der Waals surface area contributed by atoms with Crippen molar-refractivity contribution >= 4 is 39.1 Å². The van der Waals surface area contributed by atoms with E-state index in [4.69, 9.17) is 10.9 Å². The number of nitrogen functional groups attached to an aromatic ring is 1. The van der Waals surface area contributed by atoms with Gasteiger partial charge in [-0.25, -0.2) is 18.5 Å². The number of hydrogen-bond donors (Lipinski definition) is 5. The molecule has 3 heterocycles. The SMILES string of the molecule is Nc1nc2cccc(-c3ccc(CC(CC(=O)C=O)[C@H]4CCNC4)c(S(N)(=O)=O)c3-c3nn[nH]n3)c2[nH]1. The topological polar surface area (TPSA) is 215 Å². The minimum absolute atomic E-state index is 0.00588. The van der Waals surface area contributed by atoms with Crippen LogP contribution in [0.4, 0.5) is 5.95 Å². The average Bonchev–Trinajstić information content (AvgIpc) is 3.63. The summed E-state index contributed by atoms with van der Waals surface area (Å²) in [5.41, 5.74) is 8.74. The standard InChI is InChI=1S/C23H25N9O4S/c24-23-27-18-3-1-2-17(20(18)28-23)16-5-4-12(8-14(9-15(34)11-33)13-6-7-26-10-13)21(37(25,35)36)19(16)22-29-31-32-30-22/h1-5,11,13-14,26H,6-10H2,(H3,24,27,28)(H2,25,35,36)(H,29,30,31,32)/t13-,14?/m0/s1. The van der Waals surface area contributed by atoms with Gasteiger partial charge in [-0.2, -0.15) is 5.21 Å². The molecule has 2 aromatic carbocycles. The number of fused-ring (bicyclic) bond motifs is 1. The van der Waals surface area contributed by atoms with Crippen LogP contribution in [0.25, 0.3) is 33.5 Å². The predicted octanol–water partition coefficient (Wildman–Crippen LogP) is 0.566. The summed E-state index contributed by atoms with van der Waals surface area (Å²) < 4.78 is 26.2. The maximum atomic E-state index is 13.1. The van der Waals surface area contributed by atoms with Gasteiger partial charge in [0, 0.05) is 12.0 Å². The quantitative estimate of drug-likeness (QED) is 0.152. The molecule has 1 aliphatic heterocycles. The van der Waals surface area contributed by atoms with Crippen LogP contribution in [0.2, 0.25) is 0 Å². The number of carbonyl (C=O) groups excluding carboxylic acids is 2. The van der Waals surface area contributed by atoms with E-state index < -0.39 is 15.8 Å². The summed E-state index contributed by atoms with van der Waals surface area (Å²) in [4.78, 5) is 30.3. The summed E-state index contributed by atoms with van der Waals surface area (Å²) in [7, 11) is -4.31. The van der Waals surface area contributed by atoms with Gasteiger partial charge in [0.1, 0.15) is 0 Å². The molecule has 0 aliphatic carbocycles. The van der Waals surface area contributed by atoms with E-state index in [2.05, 4.69) is 35.9 Å². The van der Waals surface area contributed by atoms with Gasteiger partial charge in [-0.05, 0) is 60.2 Å². The fourth-order valence-corrected chi connectivity index (χ4v) is 6.18. The van der Waals surface area contributed by atoms with E-state index in [-0.39, 0.29) is 46.9 Å². The Morgan fingerprint density at radius 1 is 1.22 bits per heavy atom. The van der Waals surface area contributed by atoms with Crippen molar-refractivity contribution in [3.05, 3.63) is 35.9 Å². The number of nitrogens with one attached hydrogen (secondary N) is 3. The summed E-state index contributed by atoms with van der Waals surface area (Å²) in [6.45, 7) is 1.45. The van der Waals surface area contributed by atoms with Gasteiger partial charge in [0.2, 0.25) is 15.8 Å². The number of aromatic nitrogens is 6. The molecule has 0 saturated carbocycles. The zero-order valence-corrected chi connectivity index (χ0v) is 20.5. The third kappa shape index (κ3) is 4.85. The molecule has 2 atom stereocenters. The molecule has 0 amide bonds. The van der Waals surface area contributed by atoms with Crippen molar-refractivity contribution < 1.29 is 18.0 Å². The van der Waals surface area contributed by atoms with Gasteiger partial charge in [0.05, 0.1) is 21.5 Å². The highest BCUT2D eigenvalue weighted by Crippen LogP contribution is 2.41. The molecule has 7 N–H and O–H groups in total. The molecule has 37 heavy (non-hydrogen) atoms. The minimum atomic E-state index is -4.31. The lowest BCUT2D eigenvalue weighted by atomic mass is 9.82. The molecule has 0 radical (unpaired) electrons. The van der Waals surface area contributed by atoms with E-state index in [0.29, 0.717) is 40.6 Å². The predicted molar refractivity (Wildman–Crippen MR) is 134 cm³/mol. The Morgan fingerprint density at radius 2 is 2.05 bits per heavy atom. The van der Waals surface area contributed by atoms with E-state index >= 15 is 0 Å². The number of nitrogens with zero attached hydrogens (tertiary/aromatic N) is 4. The number of primary sulfonamides is 1. The summed E-state index contributed by atoms with van der Waals surface area (Å²) in [5, 5.41) is 23.2. The third-order valence-electron chi connectivity index (χ3n) is 6.76. The summed E-state index contributed by atoms with van der Waals surface area (Å²) in [6.07, 6.45) is 1.33. The van der Waals surface area contributed by atoms with Gasteiger partial charge in [-0.3, -0.25) is 9.59 Å². The van der Waals surface area contributed by atoms with E-state index in [1.54, 1.807) is 30.3 Å². The molecular weight excluding hydrogens is 498 g/mol. The molecule has 0 spiro atoms. The summed E-state index contributed by atoms with van der Waals surface area (Å²) in [5.74, 6) is -0.471. The summed E-state index contributed by atoms with van der Waals surface area (Å²) >= 11 is 0. The van der Waals surface area contributed by atoms with Crippen LogP contribution < -0.4 is 16.2 Å². The monoisotopic (exact) mass is 523 g/mol. The largest absolute Gasteiger partial charge is 0.369 e. The van der Waals surface area contributed by atoms with Crippen LogP contribution in [-0.2, 0) is 26.0 Å². The Morgan fingerprint density at radius 3 is 2.73 bits per heavy atom. The van der Waals surface area contributed by atoms with Crippen molar-refractivity contribution in [2.45, 2.75) is 24.2 Å². The highest BCUT2D eigenvalue weighted by atomic mass is 32.2. The van der Waals surface area contributed by atoms with Crippen molar-refractivity contribution in [2.24, 2.45) is 17.0 Å². The van der Waals surface area contributed by atoms with Gasteiger partial charge < -0.3 is 16.0 Å². The smallest absolute Gasteiger partial charge is 0.239 e. The van der Waals surface area contributed by atoms with Crippen LogP contribution in [0.3, 0.4) is 0 Å². The number of carbonyl (C=O) groups is 2. The highest BCUT2D eigenvalue weighted by Gasteiger charge is 2.32. The number of rotatable bonds is 9. The van der Waals surface area contributed by atoms with Crippen molar-refractivity contribution in [1.82, 2.24) is 35.9 Å². The van der Waals surface area contributed by atoms with E-state index in [1.807, 2.05) is 0 Å². The van der Waals surface area contributed by atoms with Gasteiger partial charge in [0.15, 0.2) is 18.0 Å². The van der Waals surface area contributed by atoms with Crippen molar-refractivity contribution in [2.75, 3.05) is 18.8 Å². The molecule has 0 bridgehead atoms. The minimum Gasteiger partial charge on any atom is -0.369 e. The number of para-hydroxylation sites is 1. The molecule has 5 rings (SSSR count). The number of sulfonamides is 1. The van der Waals surface area contributed by atoms with Crippen molar-refractivity contribution in [1.29, 1.82) is 0 Å². The van der Waals surface area contributed by atoms with Crippen LogP contribution in [0.1, 0.15) is 18.4 Å². The number of benzene rings is 2. The fourth-order valence-electron chi connectivity index (χ4n) is 5.17. The average molecular weight is 524 g/mol. The number of hydrogen-bond acceptors (Lipinski definition) is 10. The zero-order valence-electron chi connectivity index (χ0n) is 19.6. The Labute approximate surface area is 211 Å². The maximum absolute atomic E-state index is 13.1. The van der Waals surface area contributed by atoms with Crippen molar-refractivity contribution in [3.63, 3.8) is 0 Å². The first kappa shape index (κ1) is 24.7. The number of tetrazole rings is 1. The number of anilines is 1. The lowest BCUT2D eigenvalue weighted by Gasteiger charge is -2.24. The number of H-pyrrole nitrogens is 2. The molecule has 192 valence electrons. The van der Waals surface area contributed by atoms with Gasteiger partial charge in [-0.1, -0.05) is 24.3 Å². The van der Waals surface area contributed by atoms with Crippen LogP contribution in [0.15, 0.2) is 35.2 Å². The molecule has 1 fully saturated rings. The van der Waals surface area contributed by atoms with Crippen LogP contribution in [-0.4, -0.2) is 64.2 Å². The van der Waals surface area contributed by atoms with E-state index in [1.165, 1.54) is 0 Å². The first-order valence-corrected chi connectivity index (χ1v) is 13.2. The number of nitrogens with two attached hydrogens (primary N) is 2. The normalized spacial score (nSPS) is 16.7. The zero-order chi connectivity index (χ0) is 26.2. The second-order valence-corrected chi connectivity index (χ2v) is 10.6. The Balaban J connectivity index is 1.73. The fraction of sp³-hybridized carbons (Fsp3) is 0.304. The summed E-state index contributed by atoms with van der Waals surface area (Å²) in [6, 6.07) is 8.78. The molecule has 1 unspecified atom stereocenters.